The molecule has 0 radical (unpaired) electrons. The first-order chi connectivity index (χ1) is 23.9. The average Bonchev–Trinajstić information content (AvgIpc) is 2.95. The van der Waals surface area contributed by atoms with Gasteiger partial charge in [-0.05, 0) is 0 Å². The Kier molecular flexibility index (Phi) is 16.3. The van der Waals surface area contributed by atoms with E-state index in [1.807, 2.05) is 0 Å². The third kappa shape index (κ3) is 14.9. The molecule has 0 aromatic carbocycles. The van der Waals surface area contributed by atoms with Crippen molar-refractivity contribution in [2.75, 3.05) is 13.2 Å². The number of rotatable bonds is 6. The zero-order valence-electron chi connectivity index (χ0n) is 27.7. The van der Waals surface area contributed by atoms with Crippen molar-refractivity contribution < 1.29 is 115 Å². The topological polar surface area (TPSA) is 338 Å². The Balaban J connectivity index is 0.000000319. The first-order valence-electron chi connectivity index (χ1n) is 14.3. The van der Waals surface area contributed by atoms with Crippen LogP contribution in [0.5, 0.6) is 0 Å². The Bertz CT molecular complexity index is 1720. The number of carbonyl (C=O) groups is 6. The van der Waals surface area contributed by atoms with E-state index in [0.29, 0.717) is 0 Å². The van der Waals surface area contributed by atoms with E-state index >= 15 is 0 Å². The normalized spacial score (nSPS) is 33.2. The van der Waals surface area contributed by atoms with Crippen molar-refractivity contribution in [2.24, 2.45) is 0 Å². The van der Waals surface area contributed by atoms with Crippen LogP contribution < -0.4 is 10.6 Å². The minimum absolute atomic E-state index is 0.112. The van der Waals surface area contributed by atoms with Gasteiger partial charge in [0.2, 0.25) is 24.4 Å². The van der Waals surface area contributed by atoms with E-state index in [-0.39, 0.29) is 6.61 Å². The van der Waals surface area contributed by atoms with Gasteiger partial charge in [-0.2, -0.15) is 12.6 Å². The number of carbonyl (C=O) groups excluding carboxylic acids is 6. The third-order valence-corrected chi connectivity index (χ3v) is 7.92. The molecule has 0 bridgehead atoms. The molecule has 11 unspecified atom stereocenters. The number of esters is 4. The molecule has 4 aliphatic heterocycles. The zero-order valence-corrected chi connectivity index (χ0v) is 31.1. The summed E-state index contributed by atoms with van der Waals surface area (Å²) in [6.45, 7) is 6.46. The van der Waals surface area contributed by atoms with Crippen molar-refractivity contribution >= 4 is 57.5 Å². The summed E-state index contributed by atoms with van der Waals surface area (Å²) in [5.74, 6) is -3.74. The van der Waals surface area contributed by atoms with Crippen LogP contribution in [-0.2, 0) is 125 Å². The fourth-order valence-corrected chi connectivity index (χ4v) is 6.41. The number of hydrogen-bond donors (Lipinski definition) is 2. The summed E-state index contributed by atoms with van der Waals surface area (Å²) >= 11 is -7.90. The Hall–Kier alpha value is -3.50. The predicted octanol–water partition coefficient (Wildman–Crippen LogP) is -3.40. The van der Waals surface area contributed by atoms with Crippen LogP contribution in [0, 0.1) is 0 Å². The molecule has 0 aromatic rings. The number of amides is 2. The van der Waals surface area contributed by atoms with Crippen LogP contribution in [0.3, 0.4) is 0 Å². The molecule has 0 aliphatic carbocycles. The van der Waals surface area contributed by atoms with Crippen LogP contribution in [0.25, 0.3) is 0 Å². The molecule has 4 rings (SSSR count). The fourth-order valence-electron chi connectivity index (χ4n) is 4.83. The van der Waals surface area contributed by atoms with Crippen LogP contribution in [0.2, 0.25) is 0 Å². The first-order valence-corrected chi connectivity index (χ1v) is 19.5. The van der Waals surface area contributed by atoms with Gasteiger partial charge >= 0.3 is 74.5 Å². The molecule has 0 spiro atoms. The number of ether oxygens (including phenoxy) is 6. The van der Waals surface area contributed by atoms with E-state index in [1.54, 1.807) is 0 Å². The third-order valence-electron chi connectivity index (χ3n) is 6.32. The summed E-state index contributed by atoms with van der Waals surface area (Å²) in [6.07, 6.45) is -8.85. The second kappa shape index (κ2) is 19.0. The summed E-state index contributed by atoms with van der Waals surface area (Å²) in [4.78, 5) is 68.1. The van der Waals surface area contributed by atoms with Crippen molar-refractivity contribution in [1.82, 2.24) is 10.6 Å². The van der Waals surface area contributed by atoms with Crippen LogP contribution in [0.15, 0.2) is 0 Å². The molecule has 11 atom stereocenters. The molecule has 4 aliphatic rings. The summed E-state index contributed by atoms with van der Waals surface area (Å²) in [7, 11) is -4.31. The number of fused-ring (bicyclic) bond motifs is 2. The van der Waals surface area contributed by atoms with Gasteiger partial charge in [-0.25, -0.2) is 8.37 Å². The monoisotopic (exact) mass is 884 g/mol. The SMILES string of the molecule is CC(=O)NC1C(OC(C)=O)OC2COS(=O)(=O)OC2C1OC(C)=O.CC(=O)NC1C(OC(C)=O)OC2COS(=O)OC2C1OC(C)=O.[O]=[Ru](=[O])(=[O])=[O]. The van der Waals surface area contributed by atoms with Gasteiger partial charge in [0.25, 0.3) is 0 Å². The summed E-state index contributed by atoms with van der Waals surface area (Å²) in [6, 6.07) is -2.18. The number of nitrogens with one attached hydrogen (secondary N) is 2. The van der Waals surface area contributed by atoms with Gasteiger partial charge in [-0.3, -0.25) is 37.1 Å². The Morgan fingerprint density at radius 2 is 1.04 bits per heavy atom. The maximum absolute atomic E-state index is 11.5. The maximum atomic E-state index is 11.5. The second-order valence-electron chi connectivity index (χ2n) is 10.6. The molecule has 2 N–H and O–H groups in total. The Morgan fingerprint density at radius 3 is 1.42 bits per heavy atom. The van der Waals surface area contributed by atoms with Crippen LogP contribution >= 0.6 is 0 Å². The van der Waals surface area contributed by atoms with E-state index in [9.17, 15) is 41.4 Å². The van der Waals surface area contributed by atoms with Gasteiger partial charge in [0, 0.05) is 41.5 Å². The standard InChI is InChI=1S/C12H17NO10S.C12H17NO9S.4O.Ru/c1-5(14)13-9-11(20-6(2)15)10-8(4-19-24(17,18)23-10)22-12(9)21-7(3)16;1-5(14)13-9-11(19-6(2)15)10-8(4-18-23(17)22-10)21-12(9)20-7(3)16;;;;;/h8-12H,4H2,1-3H3,(H,13,14);8-12H,4H2,1-3H3,(H,13,14);;;;;. The molecule has 4 fully saturated rings. The van der Waals surface area contributed by atoms with Crippen LogP contribution in [0.1, 0.15) is 41.5 Å². The average molecular weight is 884 g/mol. The first kappa shape index (κ1) is 44.7. The van der Waals surface area contributed by atoms with Gasteiger partial charge in [0.15, 0.2) is 12.2 Å². The van der Waals surface area contributed by atoms with Crippen LogP contribution in [0.4, 0.5) is 0 Å². The quantitative estimate of drug-likeness (QED) is 0.149. The molecule has 2 amide bonds. The summed E-state index contributed by atoms with van der Waals surface area (Å²) < 4.78 is 119. The molecule has 0 aromatic heterocycles. The van der Waals surface area contributed by atoms with E-state index < -0.39 is 140 Å². The summed E-state index contributed by atoms with van der Waals surface area (Å²) in [5, 5.41) is 4.92. The molecule has 0 saturated carbocycles. The van der Waals surface area contributed by atoms with E-state index in [1.165, 1.54) is 27.7 Å². The molecule has 25 nitrogen and oxygen atoms in total. The molecular weight excluding hydrogens is 849 g/mol. The van der Waals surface area contributed by atoms with E-state index in [0.717, 1.165) is 13.8 Å². The van der Waals surface area contributed by atoms with Crippen molar-refractivity contribution in [3.8, 4) is 0 Å². The molecule has 4 saturated heterocycles. The predicted molar refractivity (Wildman–Crippen MR) is 149 cm³/mol. The van der Waals surface area contributed by atoms with Gasteiger partial charge in [-0.15, -0.1) is 0 Å². The fraction of sp³-hybridized carbons (Fsp3) is 0.750. The van der Waals surface area contributed by atoms with Gasteiger partial charge in [0.1, 0.15) is 36.5 Å². The molecular formula is C24H34N2O23RuS2. The molecule has 298 valence electrons. The number of hydrogen-bond acceptors (Lipinski definition) is 23. The van der Waals surface area contributed by atoms with E-state index in [2.05, 4.69) is 14.8 Å². The Morgan fingerprint density at radius 1 is 0.654 bits per heavy atom. The van der Waals surface area contributed by atoms with Crippen molar-refractivity contribution in [1.29, 1.82) is 0 Å². The summed E-state index contributed by atoms with van der Waals surface area (Å²) in [5.41, 5.74) is 0. The van der Waals surface area contributed by atoms with Crippen molar-refractivity contribution in [3.05, 3.63) is 0 Å². The zero-order chi connectivity index (χ0) is 39.7. The molecule has 4 heterocycles. The van der Waals surface area contributed by atoms with Crippen molar-refractivity contribution in [2.45, 2.75) is 103 Å². The van der Waals surface area contributed by atoms with Gasteiger partial charge in [0.05, 0.1) is 13.2 Å². The van der Waals surface area contributed by atoms with Gasteiger partial charge < -0.3 is 39.1 Å². The Labute approximate surface area is 298 Å². The minimum atomic E-state index is -5.86. The van der Waals surface area contributed by atoms with E-state index in [4.69, 9.17) is 55.3 Å². The van der Waals surface area contributed by atoms with Gasteiger partial charge in [-0.1, -0.05) is 0 Å². The molecule has 52 heavy (non-hydrogen) atoms. The molecule has 28 heteroatoms. The second-order valence-corrected chi connectivity index (χ2v) is 14.4. The van der Waals surface area contributed by atoms with Crippen LogP contribution in [-0.4, -0.2) is 123 Å². The van der Waals surface area contributed by atoms with Crippen molar-refractivity contribution in [3.63, 3.8) is 0 Å².